The summed E-state index contributed by atoms with van der Waals surface area (Å²) in [4.78, 5) is 10.7. The van der Waals surface area contributed by atoms with Crippen LogP contribution in [0.3, 0.4) is 0 Å². The van der Waals surface area contributed by atoms with Gasteiger partial charge in [-0.15, -0.1) is 10.2 Å². The predicted molar refractivity (Wildman–Crippen MR) is 114 cm³/mol. The van der Waals surface area contributed by atoms with Crippen molar-refractivity contribution in [2.24, 2.45) is 15.3 Å². The van der Waals surface area contributed by atoms with Crippen LogP contribution >= 0.6 is 0 Å². The van der Waals surface area contributed by atoms with Gasteiger partial charge in [0.1, 0.15) is 15.8 Å². The molecule has 32 heavy (non-hydrogen) atoms. The summed E-state index contributed by atoms with van der Waals surface area (Å²) in [5, 5.41) is 33.2. The van der Waals surface area contributed by atoms with Crippen LogP contribution in [0.2, 0.25) is 0 Å². The van der Waals surface area contributed by atoms with Crippen molar-refractivity contribution in [3.05, 3.63) is 83.9 Å². The third-order valence-electron chi connectivity index (χ3n) is 3.94. The Bertz CT molecular complexity index is 1280. The van der Waals surface area contributed by atoms with Crippen LogP contribution in [0.25, 0.3) is 0 Å². The average Bonchev–Trinajstić information content (AvgIpc) is 2.75. The number of amidine groups is 1. The van der Waals surface area contributed by atoms with Crippen LogP contribution < -0.4 is 10.5 Å². The summed E-state index contributed by atoms with van der Waals surface area (Å²) in [5.41, 5.74) is 2.64. The van der Waals surface area contributed by atoms with E-state index < -0.39 is 26.7 Å². The number of anilines is 1. The Morgan fingerprint density at radius 3 is 2.28 bits per heavy atom. The van der Waals surface area contributed by atoms with Crippen molar-refractivity contribution in [1.29, 1.82) is 0 Å². The molecular weight excluding hydrogens is 543 g/mol. The van der Waals surface area contributed by atoms with Gasteiger partial charge in [0.15, 0.2) is 0 Å². The average molecular weight is 557 g/mol. The predicted octanol–water partition coefficient (Wildman–Crippen LogP) is 2.54. The molecule has 2 radical (unpaired) electrons. The van der Waals surface area contributed by atoms with E-state index in [-0.39, 0.29) is 46.7 Å². The number of rotatable bonds is 6. The first-order chi connectivity index (χ1) is 14.8. The fourth-order valence-electron chi connectivity index (χ4n) is 2.44. The minimum atomic E-state index is -4.77. The van der Waals surface area contributed by atoms with Gasteiger partial charge in [-0.05, 0) is 24.3 Å². The maximum Gasteiger partial charge on any atom is 2.00 e. The molecule has 0 amide bonds. The van der Waals surface area contributed by atoms with Crippen LogP contribution in [0, 0.1) is 0 Å². The molecule has 0 aliphatic carbocycles. The maximum absolute atomic E-state index is 12.0. The topological polar surface area (TPSA) is 167 Å². The van der Waals surface area contributed by atoms with Gasteiger partial charge >= 0.3 is 29.9 Å². The van der Waals surface area contributed by atoms with Crippen molar-refractivity contribution in [2.45, 2.75) is 4.90 Å². The Morgan fingerprint density at radius 1 is 0.969 bits per heavy atom. The molecule has 0 aliphatic heterocycles. The molecule has 0 fully saturated rings. The standard InChI is InChI=1S/C20H16N4O6S.Sn/c25-18-11-10-14(31(28,29)30)12-17(18)22-24-19(13-6-2-1-3-7-13)23-21-16-9-5-4-8-15(16)20(26)27;/h1-12,22,25H,(H,26,27)(H,28,29,30);/q;+2/p-2. The zero-order chi connectivity index (χ0) is 22.4. The van der Waals surface area contributed by atoms with Crippen molar-refractivity contribution in [3.8, 4) is 5.75 Å². The van der Waals surface area contributed by atoms with Crippen LogP contribution in [-0.4, -0.2) is 53.8 Å². The SMILES string of the molecule is O=C(O)c1ccccc1N=NC(=NNc1cc(S(=O)(=O)[O-])ccc1[O-])c1ccccc1.[Sn+2]. The Labute approximate surface area is 200 Å². The van der Waals surface area contributed by atoms with Gasteiger partial charge in [0.2, 0.25) is 5.84 Å². The second kappa shape index (κ2) is 10.8. The molecular formula is C20H14N4O6SSn. The van der Waals surface area contributed by atoms with Gasteiger partial charge in [-0.25, -0.2) is 13.2 Å². The monoisotopic (exact) mass is 558 g/mol. The number of nitrogens with zero attached hydrogens (tertiary/aromatic N) is 3. The zero-order valence-corrected chi connectivity index (χ0v) is 19.8. The van der Waals surface area contributed by atoms with Gasteiger partial charge in [0, 0.05) is 11.3 Å². The molecule has 0 saturated carbocycles. The van der Waals surface area contributed by atoms with E-state index in [4.69, 9.17) is 0 Å². The van der Waals surface area contributed by atoms with E-state index in [1.165, 1.54) is 12.1 Å². The first kappa shape index (κ1) is 25.0. The summed E-state index contributed by atoms with van der Waals surface area (Å²) in [6.45, 7) is 0. The number of carbonyl (C=O) groups is 1. The van der Waals surface area contributed by atoms with E-state index in [9.17, 15) is 28.0 Å². The van der Waals surface area contributed by atoms with Gasteiger partial charge in [-0.1, -0.05) is 54.3 Å². The van der Waals surface area contributed by atoms with Gasteiger partial charge in [0.25, 0.3) is 0 Å². The summed E-state index contributed by atoms with van der Waals surface area (Å²) >= 11 is 0. The molecule has 0 unspecified atom stereocenters. The molecule has 0 aliphatic rings. The molecule has 3 aromatic rings. The number of carboxylic acids is 1. The number of aromatic carboxylic acids is 1. The number of hydrogen-bond donors (Lipinski definition) is 2. The van der Waals surface area contributed by atoms with E-state index in [1.807, 2.05) is 0 Å². The van der Waals surface area contributed by atoms with Crippen LogP contribution in [0.15, 0.2) is 93.0 Å². The fourth-order valence-corrected chi connectivity index (χ4v) is 2.94. The molecule has 0 spiro atoms. The van der Waals surface area contributed by atoms with Gasteiger partial charge in [-0.2, -0.15) is 5.10 Å². The molecule has 3 aromatic carbocycles. The molecule has 0 bridgehead atoms. The summed E-state index contributed by atoms with van der Waals surface area (Å²) in [6.07, 6.45) is 0. The molecule has 0 aromatic heterocycles. The second-order valence-electron chi connectivity index (χ2n) is 6.05. The van der Waals surface area contributed by atoms with Gasteiger partial charge in [-0.3, -0.25) is 5.43 Å². The molecule has 12 heteroatoms. The van der Waals surface area contributed by atoms with Gasteiger partial charge in [0.05, 0.1) is 10.5 Å². The largest absolute Gasteiger partial charge is 2.00 e. The molecule has 10 nitrogen and oxygen atoms in total. The molecule has 0 heterocycles. The molecule has 160 valence electrons. The number of hydrogen-bond acceptors (Lipinski definition) is 8. The molecule has 3 rings (SSSR count). The number of carboxylic acid groups (broad SMARTS) is 1. The first-order valence-corrected chi connectivity index (χ1v) is 10.1. The maximum atomic E-state index is 12.0. The van der Waals surface area contributed by atoms with Crippen molar-refractivity contribution in [3.63, 3.8) is 0 Å². The van der Waals surface area contributed by atoms with Crippen molar-refractivity contribution >= 4 is 57.2 Å². The third kappa shape index (κ3) is 6.35. The minimum Gasteiger partial charge on any atom is -0.871 e. The number of nitrogens with one attached hydrogen (secondary N) is 1. The summed E-state index contributed by atoms with van der Waals surface area (Å²) in [5.74, 6) is -1.80. The molecule has 0 atom stereocenters. The third-order valence-corrected chi connectivity index (χ3v) is 4.77. The Morgan fingerprint density at radius 2 is 1.62 bits per heavy atom. The Balaban J connectivity index is 0.00000363. The number of azo groups is 1. The Hall–Kier alpha value is -3.29. The quantitative estimate of drug-likeness (QED) is 0.117. The van der Waals surface area contributed by atoms with Gasteiger partial charge < -0.3 is 14.8 Å². The van der Waals surface area contributed by atoms with Crippen LogP contribution in [-0.2, 0) is 10.1 Å². The van der Waals surface area contributed by atoms with E-state index in [2.05, 4.69) is 20.8 Å². The van der Waals surface area contributed by atoms with E-state index in [0.717, 1.165) is 18.2 Å². The van der Waals surface area contributed by atoms with Crippen molar-refractivity contribution < 1.29 is 28.0 Å². The zero-order valence-electron chi connectivity index (χ0n) is 16.2. The fraction of sp³-hybridized carbons (Fsp3) is 0. The van der Waals surface area contributed by atoms with Crippen LogP contribution in [0.1, 0.15) is 15.9 Å². The van der Waals surface area contributed by atoms with E-state index in [1.54, 1.807) is 42.5 Å². The normalized spacial score (nSPS) is 11.7. The summed E-state index contributed by atoms with van der Waals surface area (Å²) < 4.78 is 33.6. The summed E-state index contributed by atoms with van der Waals surface area (Å²) in [7, 11) is -4.77. The Kier molecular flexibility index (Phi) is 8.46. The van der Waals surface area contributed by atoms with Crippen molar-refractivity contribution in [2.75, 3.05) is 5.43 Å². The minimum absolute atomic E-state index is 0. The van der Waals surface area contributed by atoms with Crippen molar-refractivity contribution in [1.82, 2.24) is 0 Å². The molecule has 2 N–H and O–H groups in total. The number of benzene rings is 3. The molecule has 0 saturated heterocycles. The van der Waals surface area contributed by atoms with Crippen LogP contribution in [0.4, 0.5) is 11.4 Å². The van der Waals surface area contributed by atoms with Crippen LogP contribution in [0.5, 0.6) is 5.75 Å². The second-order valence-corrected chi connectivity index (χ2v) is 7.43. The van der Waals surface area contributed by atoms with E-state index in [0.29, 0.717) is 5.56 Å². The number of hydrazone groups is 1. The smallest absolute Gasteiger partial charge is 0.871 e. The van der Waals surface area contributed by atoms with E-state index >= 15 is 0 Å². The summed E-state index contributed by atoms with van der Waals surface area (Å²) in [6, 6.07) is 17.1. The first-order valence-electron chi connectivity index (χ1n) is 8.66.